The summed E-state index contributed by atoms with van der Waals surface area (Å²) in [5, 5.41) is 5.31. The normalized spacial score (nSPS) is 15.4. The van der Waals surface area contributed by atoms with Crippen molar-refractivity contribution in [2.45, 2.75) is 6.92 Å². The number of aromatic nitrogens is 1. The van der Waals surface area contributed by atoms with Gasteiger partial charge in [0.1, 0.15) is 11.3 Å². The Morgan fingerprint density at radius 2 is 2.00 bits per heavy atom. The van der Waals surface area contributed by atoms with E-state index in [-0.39, 0.29) is 10.8 Å². The maximum atomic E-state index is 11.7. The van der Waals surface area contributed by atoms with Crippen molar-refractivity contribution in [1.82, 2.24) is 10.3 Å². The minimum Gasteiger partial charge on any atom is -0.456 e. The van der Waals surface area contributed by atoms with Crippen LogP contribution in [0.15, 0.2) is 52.0 Å². The van der Waals surface area contributed by atoms with Crippen molar-refractivity contribution < 1.29 is 18.8 Å². The van der Waals surface area contributed by atoms with E-state index >= 15 is 0 Å². The molecule has 1 aliphatic heterocycles. The van der Waals surface area contributed by atoms with Gasteiger partial charge in [0, 0.05) is 42.0 Å². The molecule has 0 unspecified atom stereocenters. The molecule has 0 aliphatic carbocycles. The highest BCUT2D eigenvalue weighted by Gasteiger charge is 2.25. The maximum absolute atomic E-state index is 11.7. The largest absolute Gasteiger partial charge is 0.456 e. The zero-order valence-corrected chi connectivity index (χ0v) is 14.9. The highest BCUT2D eigenvalue weighted by molar-refractivity contribution is 8.18. The van der Waals surface area contributed by atoms with E-state index in [0.29, 0.717) is 17.0 Å². The van der Waals surface area contributed by atoms with Gasteiger partial charge >= 0.3 is 0 Å². The summed E-state index contributed by atoms with van der Waals surface area (Å²) < 4.78 is 5.90. The van der Waals surface area contributed by atoms with E-state index in [9.17, 15) is 14.4 Å². The first-order valence-electron chi connectivity index (χ1n) is 8.00. The molecule has 1 aromatic carbocycles. The number of imide groups is 1. The first-order chi connectivity index (χ1) is 13.0. The molecule has 1 saturated heterocycles. The van der Waals surface area contributed by atoms with E-state index in [4.69, 9.17) is 4.42 Å². The van der Waals surface area contributed by atoms with Crippen LogP contribution in [0.4, 0.5) is 10.5 Å². The van der Waals surface area contributed by atoms with E-state index < -0.39 is 11.1 Å². The molecular formula is C19H13N3O4S. The standard InChI is InChI=1S/C19H13N3O4S/c1-10(23)21-13-4-2-11(3-5-13)15-9-20-8-12-6-14(26-17(12)15)7-16-18(24)22-19(25)27-16/h2-9H,1H3,(H,21,23)(H,22,24,25)/b16-7-. The van der Waals surface area contributed by atoms with E-state index in [0.717, 1.165) is 28.3 Å². The molecule has 1 fully saturated rings. The lowest BCUT2D eigenvalue weighted by atomic mass is 10.1. The minimum atomic E-state index is -0.433. The molecular weight excluding hydrogens is 366 g/mol. The Labute approximate surface area is 157 Å². The van der Waals surface area contributed by atoms with Gasteiger partial charge in [-0.15, -0.1) is 0 Å². The summed E-state index contributed by atoms with van der Waals surface area (Å²) in [6.45, 7) is 1.45. The number of anilines is 1. The Morgan fingerprint density at radius 3 is 2.67 bits per heavy atom. The first-order valence-corrected chi connectivity index (χ1v) is 8.82. The van der Waals surface area contributed by atoms with E-state index in [1.165, 1.54) is 13.0 Å². The lowest BCUT2D eigenvalue weighted by molar-refractivity contribution is -0.115. The Balaban J connectivity index is 1.71. The van der Waals surface area contributed by atoms with Gasteiger partial charge in [0.15, 0.2) is 0 Å². The molecule has 3 amide bonds. The summed E-state index contributed by atoms with van der Waals surface area (Å²) in [5.41, 5.74) is 2.98. The Kier molecular flexibility index (Phi) is 4.25. The van der Waals surface area contributed by atoms with Crippen LogP contribution in [0.2, 0.25) is 0 Å². The van der Waals surface area contributed by atoms with Crippen molar-refractivity contribution in [3.05, 3.63) is 53.4 Å². The predicted octanol–water partition coefficient (Wildman–Crippen LogP) is 3.78. The van der Waals surface area contributed by atoms with Crippen LogP contribution in [0.25, 0.3) is 28.2 Å². The van der Waals surface area contributed by atoms with Gasteiger partial charge < -0.3 is 9.73 Å². The summed E-state index contributed by atoms with van der Waals surface area (Å²) in [5.74, 6) is -0.110. The van der Waals surface area contributed by atoms with Gasteiger partial charge in [-0.1, -0.05) is 12.1 Å². The van der Waals surface area contributed by atoms with Gasteiger partial charge in [-0.05, 0) is 35.5 Å². The number of hydrogen-bond donors (Lipinski definition) is 2. The summed E-state index contributed by atoms with van der Waals surface area (Å²) in [4.78, 5) is 38.6. The Morgan fingerprint density at radius 1 is 1.22 bits per heavy atom. The van der Waals surface area contributed by atoms with Gasteiger partial charge in [0.2, 0.25) is 5.91 Å². The van der Waals surface area contributed by atoms with Crippen LogP contribution in [0, 0.1) is 0 Å². The van der Waals surface area contributed by atoms with Gasteiger partial charge in [0.25, 0.3) is 11.1 Å². The average molecular weight is 379 g/mol. The molecule has 2 aromatic heterocycles. The number of nitrogens with zero attached hydrogens (tertiary/aromatic N) is 1. The Bertz CT molecular complexity index is 1120. The second-order valence-electron chi connectivity index (χ2n) is 5.86. The molecule has 1 aliphatic rings. The molecule has 0 radical (unpaired) electrons. The fraction of sp³-hybridized carbons (Fsp3) is 0.0526. The van der Waals surface area contributed by atoms with E-state index in [2.05, 4.69) is 15.6 Å². The lowest BCUT2D eigenvalue weighted by Crippen LogP contribution is -2.17. The van der Waals surface area contributed by atoms with Gasteiger partial charge in [0.05, 0.1) is 4.91 Å². The smallest absolute Gasteiger partial charge is 0.290 e. The second-order valence-corrected chi connectivity index (χ2v) is 6.88. The molecule has 7 nitrogen and oxygen atoms in total. The van der Waals surface area contributed by atoms with Gasteiger partial charge in [-0.3, -0.25) is 24.7 Å². The molecule has 0 saturated carbocycles. The van der Waals surface area contributed by atoms with Crippen molar-refractivity contribution >= 4 is 51.5 Å². The summed E-state index contributed by atoms with van der Waals surface area (Å²) in [6.07, 6.45) is 4.90. The van der Waals surface area contributed by atoms with Crippen molar-refractivity contribution in [1.29, 1.82) is 0 Å². The number of carbonyl (C=O) groups is 3. The highest BCUT2D eigenvalue weighted by Crippen LogP contribution is 2.33. The minimum absolute atomic E-state index is 0.137. The summed E-state index contributed by atoms with van der Waals surface area (Å²) >= 11 is 0.837. The number of fused-ring (bicyclic) bond motifs is 1. The molecule has 27 heavy (non-hydrogen) atoms. The van der Waals surface area contributed by atoms with Crippen molar-refractivity contribution in [2.75, 3.05) is 5.32 Å². The topological polar surface area (TPSA) is 101 Å². The van der Waals surface area contributed by atoms with Crippen molar-refractivity contribution in [3.8, 4) is 11.1 Å². The molecule has 0 atom stereocenters. The molecule has 2 N–H and O–H groups in total. The number of carbonyl (C=O) groups excluding carboxylic acids is 3. The molecule has 4 rings (SSSR count). The van der Waals surface area contributed by atoms with Gasteiger partial charge in [-0.2, -0.15) is 0 Å². The molecule has 3 heterocycles. The maximum Gasteiger partial charge on any atom is 0.290 e. The van der Waals surface area contributed by atoms with Crippen LogP contribution in [-0.2, 0) is 9.59 Å². The molecule has 0 spiro atoms. The van der Waals surface area contributed by atoms with E-state index in [1.807, 2.05) is 12.1 Å². The number of furan rings is 1. The van der Waals surface area contributed by atoms with Crippen molar-refractivity contribution in [2.24, 2.45) is 0 Å². The third-order valence-electron chi connectivity index (χ3n) is 3.87. The zero-order chi connectivity index (χ0) is 19.0. The third kappa shape index (κ3) is 3.47. The zero-order valence-electron chi connectivity index (χ0n) is 14.1. The van der Waals surface area contributed by atoms with Crippen LogP contribution in [0.1, 0.15) is 12.7 Å². The summed E-state index contributed by atoms with van der Waals surface area (Å²) in [7, 11) is 0. The number of benzene rings is 1. The predicted molar refractivity (Wildman–Crippen MR) is 103 cm³/mol. The molecule has 134 valence electrons. The second kappa shape index (κ2) is 6.73. The number of hydrogen-bond acceptors (Lipinski definition) is 6. The lowest BCUT2D eigenvalue weighted by Gasteiger charge is -2.05. The molecule has 3 aromatic rings. The van der Waals surface area contributed by atoms with Crippen LogP contribution in [-0.4, -0.2) is 22.0 Å². The van der Waals surface area contributed by atoms with Crippen LogP contribution >= 0.6 is 11.8 Å². The number of pyridine rings is 1. The first kappa shape index (κ1) is 17.0. The van der Waals surface area contributed by atoms with Crippen LogP contribution in [0.5, 0.6) is 0 Å². The van der Waals surface area contributed by atoms with Crippen LogP contribution in [0.3, 0.4) is 0 Å². The van der Waals surface area contributed by atoms with Crippen LogP contribution < -0.4 is 10.6 Å². The highest BCUT2D eigenvalue weighted by atomic mass is 32.2. The third-order valence-corrected chi connectivity index (χ3v) is 4.68. The van der Waals surface area contributed by atoms with E-state index in [1.54, 1.807) is 30.6 Å². The SMILES string of the molecule is CC(=O)Nc1ccc(-c2cncc3cc(/C=C4\SC(=O)NC4=O)oc23)cc1. The molecule has 0 bridgehead atoms. The number of thioether (sulfide) groups is 1. The summed E-state index contributed by atoms with van der Waals surface area (Å²) in [6, 6.07) is 9.09. The fourth-order valence-corrected chi connectivity index (χ4v) is 3.41. The number of amides is 3. The number of rotatable bonds is 3. The van der Waals surface area contributed by atoms with Crippen molar-refractivity contribution in [3.63, 3.8) is 0 Å². The fourth-order valence-electron chi connectivity index (χ4n) is 2.75. The molecule has 8 heteroatoms. The number of nitrogens with one attached hydrogen (secondary N) is 2. The Hall–Kier alpha value is -3.39. The monoisotopic (exact) mass is 379 g/mol. The average Bonchev–Trinajstić information content (AvgIpc) is 3.17. The van der Waals surface area contributed by atoms with Gasteiger partial charge in [-0.25, -0.2) is 0 Å². The quantitative estimate of drug-likeness (QED) is 0.672.